The Labute approximate surface area is 112 Å². The zero-order chi connectivity index (χ0) is 13.2. The fourth-order valence-corrected chi connectivity index (χ4v) is 2.96. The zero-order valence-corrected chi connectivity index (χ0v) is 11.1. The standard InChI is InChI=1S/C14H18N4O/c1-2-17-9-4-3-7-12(17)14-16-15-13-8-5-6-11(10-19)18(13)14/h5-6,8,10,12H,2-4,7,9H2,1H3. The SMILES string of the molecule is CCN1CCCCC1c1nnc2cccc(C=O)n12. The number of pyridine rings is 1. The maximum Gasteiger partial charge on any atom is 0.166 e. The van der Waals surface area contributed by atoms with Crippen LogP contribution in [0.5, 0.6) is 0 Å². The Morgan fingerprint density at radius 2 is 2.26 bits per heavy atom. The largest absolute Gasteiger partial charge is 0.296 e. The van der Waals surface area contributed by atoms with Crippen LogP contribution in [-0.2, 0) is 0 Å². The number of aldehydes is 1. The van der Waals surface area contributed by atoms with Crippen molar-refractivity contribution in [1.29, 1.82) is 0 Å². The number of carbonyl (C=O) groups excluding carboxylic acids is 1. The number of likely N-dealkylation sites (tertiary alicyclic amines) is 1. The Kier molecular flexibility index (Phi) is 3.29. The minimum Gasteiger partial charge on any atom is -0.296 e. The van der Waals surface area contributed by atoms with Gasteiger partial charge in [0.1, 0.15) is 0 Å². The number of fused-ring (bicyclic) bond motifs is 1. The highest BCUT2D eigenvalue weighted by Crippen LogP contribution is 2.29. The summed E-state index contributed by atoms with van der Waals surface area (Å²) in [5.74, 6) is 0.902. The van der Waals surface area contributed by atoms with Crippen LogP contribution >= 0.6 is 0 Å². The Morgan fingerprint density at radius 1 is 1.37 bits per heavy atom. The maximum absolute atomic E-state index is 11.2. The van der Waals surface area contributed by atoms with E-state index in [0.717, 1.165) is 37.3 Å². The molecule has 5 heteroatoms. The molecule has 1 saturated heterocycles. The Hall–Kier alpha value is -1.75. The molecular weight excluding hydrogens is 240 g/mol. The fourth-order valence-electron chi connectivity index (χ4n) is 2.96. The molecule has 1 unspecified atom stereocenters. The van der Waals surface area contributed by atoms with Crippen LogP contribution < -0.4 is 0 Å². The molecule has 0 N–H and O–H groups in total. The highest BCUT2D eigenvalue weighted by Gasteiger charge is 2.27. The Morgan fingerprint density at radius 3 is 3.05 bits per heavy atom. The summed E-state index contributed by atoms with van der Waals surface area (Å²) >= 11 is 0. The molecule has 3 heterocycles. The normalized spacial score (nSPS) is 20.8. The molecule has 1 atom stereocenters. The first kappa shape index (κ1) is 12.3. The third-order valence-corrected chi connectivity index (χ3v) is 3.92. The van der Waals surface area contributed by atoms with Gasteiger partial charge in [-0.15, -0.1) is 10.2 Å². The molecule has 19 heavy (non-hydrogen) atoms. The molecule has 0 spiro atoms. The van der Waals surface area contributed by atoms with E-state index in [9.17, 15) is 4.79 Å². The second-order valence-electron chi connectivity index (χ2n) is 4.96. The van der Waals surface area contributed by atoms with Crippen LogP contribution in [0.4, 0.5) is 0 Å². The molecule has 2 aromatic heterocycles. The first-order valence-electron chi connectivity index (χ1n) is 6.88. The van der Waals surface area contributed by atoms with Crippen LogP contribution in [0.3, 0.4) is 0 Å². The number of nitrogens with zero attached hydrogens (tertiary/aromatic N) is 4. The molecular formula is C14H18N4O. The van der Waals surface area contributed by atoms with Gasteiger partial charge in [-0.25, -0.2) is 0 Å². The van der Waals surface area contributed by atoms with Gasteiger partial charge >= 0.3 is 0 Å². The predicted octanol–water partition coefficient (Wildman–Crippen LogP) is 2.09. The lowest BCUT2D eigenvalue weighted by molar-refractivity contribution is 0.111. The second-order valence-corrected chi connectivity index (χ2v) is 4.96. The summed E-state index contributed by atoms with van der Waals surface area (Å²) in [6.45, 7) is 4.27. The first-order valence-corrected chi connectivity index (χ1v) is 6.88. The van der Waals surface area contributed by atoms with Crippen LogP contribution in [0, 0.1) is 0 Å². The zero-order valence-electron chi connectivity index (χ0n) is 11.1. The summed E-state index contributed by atoms with van der Waals surface area (Å²) in [7, 11) is 0. The summed E-state index contributed by atoms with van der Waals surface area (Å²) in [5.41, 5.74) is 1.38. The van der Waals surface area contributed by atoms with Gasteiger partial charge in [-0.2, -0.15) is 0 Å². The van der Waals surface area contributed by atoms with Crippen molar-refractivity contribution in [3.8, 4) is 0 Å². The van der Waals surface area contributed by atoms with Gasteiger partial charge in [0.25, 0.3) is 0 Å². The molecule has 0 bridgehead atoms. The van der Waals surface area contributed by atoms with Crippen LogP contribution in [0.2, 0.25) is 0 Å². The number of aromatic nitrogens is 3. The molecule has 100 valence electrons. The van der Waals surface area contributed by atoms with Crippen LogP contribution in [0.25, 0.3) is 5.65 Å². The van der Waals surface area contributed by atoms with E-state index in [2.05, 4.69) is 22.0 Å². The first-order chi connectivity index (χ1) is 9.35. The van der Waals surface area contributed by atoms with Crippen molar-refractivity contribution in [3.05, 3.63) is 29.7 Å². The maximum atomic E-state index is 11.2. The van der Waals surface area contributed by atoms with Gasteiger partial charge in [-0.3, -0.25) is 14.1 Å². The van der Waals surface area contributed by atoms with Crippen LogP contribution in [0.15, 0.2) is 18.2 Å². The minimum atomic E-state index is 0.273. The molecule has 0 aromatic carbocycles. The van der Waals surface area contributed by atoms with E-state index < -0.39 is 0 Å². The van der Waals surface area contributed by atoms with E-state index in [1.54, 1.807) is 0 Å². The quantitative estimate of drug-likeness (QED) is 0.791. The molecule has 0 radical (unpaired) electrons. The van der Waals surface area contributed by atoms with E-state index in [1.807, 2.05) is 22.6 Å². The molecule has 3 rings (SSSR count). The molecule has 0 saturated carbocycles. The van der Waals surface area contributed by atoms with Gasteiger partial charge in [0.2, 0.25) is 0 Å². The van der Waals surface area contributed by atoms with Crippen molar-refractivity contribution in [2.45, 2.75) is 32.2 Å². The van der Waals surface area contributed by atoms with Gasteiger partial charge < -0.3 is 0 Å². The van der Waals surface area contributed by atoms with Gasteiger partial charge in [-0.1, -0.05) is 19.4 Å². The summed E-state index contributed by atoms with van der Waals surface area (Å²) in [6.07, 6.45) is 4.40. The summed E-state index contributed by atoms with van der Waals surface area (Å²) in [5, 5.41) is 8.54. The number of carbonyl (C=O) groups is 1. The number of hydrogen-bond acceptors (Lipinski definition) is 4. The molecule has 1 aliphatic rings. The van der Waals surface area contributed by atoms with E-state index in [0.29, 0.717) is 5.69 Å². The lowest BCUT2D eigenvalue weighted by Crippen LogP contribution is -2.34. The number of hydrogen-bond donors (Lipinski definition) is 0. The average Bonchev–Trinajstić information content (AvgIpc) is 2.91. The molecule has 5 nitrogen and oxygen atoms in total. The molecule has 0 amide bonds. The van der Waals surface area contributed by atoms with Crippen LogP contribution in [0.1, 0.15) is 48.5 Å². The van der Waals surface area contributed by atoms with E-state index >= 15 is 0 Å². The van der Waals surface area contributed by atoms with E-state index in [-0.39, 0.29) is 6.04 Å². The number of piperidine rings is 1. The molecule has 1 fully saturated rings. The fraction of sp³-hybridized carbons (Fsp3) is 0.500. The van der Waals surface area contributed by atoms with Crippen molar-refractivity contribution >= 4 is 11.9 Å². The summed E-state index contributed by atoms with van der Waals surface area (Å²) in [4.78, 5) is 13.6. The van der Waals surface area contributed by atoms with Crippen molar-refractivity contribution in [1.82, 2.24) is 19.5 Å². The highest BCUT2D eigenvalue weighted by molar-refractivity contribution is 5.74. The molecule has 2 aromatic rings. The number of rotatable bonds is 3. The Balaban J connectivity index is 2.11. The van der Waals surface area contributed by atoms with Crippen molar-refractivity contribution in [2.75, 3.05) is 13.1 Å². The predicted molar refractivity (Wildman–Crippen MR) is 72.2 cm³/mol. The van der Waals surface area contributed by atoms with Gasteiger partial charge in [0.15, 0.2) is 17.8 Å². The van der Waals surface area contributed by atoms with Crippen molar-refractivity contribution < 1.29 is 4.79 Å². The molecule has 0 aliphatic carbocycles. The second kappa shape index (κ2) is 5.09. The monoisotopic (exact) mass is 258 g/mol. The Bertz CT molecular complexity index is 592. The topological polar surface area (TPSA) is 50.5 Å². The van der Waals surface area contributed by atoms with E-state index in [1.165, 1.54) is 12.8 Å². The van der Waals surface area contributed by atoms with Crippen molar-refractivity contribution in [2.24, 2.45) is 0 Å². The molecule has 1 aliphatic heterocycles. The van der Waals surface area contributed by atoms with Gasteiger partial charge in [0.05, 0.1) is 11.7 Å². The van der Waals surface area contributed by atoms with Gasteiger partial charge in [0, 0.05) is 0 Å². The van der Waals surface area contributed by atoms with Crippen molar-refractivity contribution in [3.63, 3.8) is 0 Å². The minimum absolute atomic E-state index is 0.273. The van der Waals surface area contributed by atoms with Gasteiger partial charge in [-0.05, 0) is 38.1 Å². The van der Waals surface area contributed by atoms with Crippen LogP contribution in [-0.4, -0.2) is 38.9 Å². The van der Waals surface area contributed by atoms with E-state index in [4.69, 9.17) is 0 Å². The average molecular weight is 258 g/mol. The third kappa shape index (κ3) is 2.04. The smallest absolute Gasteiger partial charge is 0.166 e. The lowest BCUT2D eigenvalue weighted by atomic mass is 10.0. The summed E-state index contributed by atoms with van der Waals surface area (Å²) < 4.78 is 1.89. The lowest BCUT2D eigenvalue weighted by Gasteiger charge is -2.33. The summed E-state index contributed by atoms with van der Waals surface area (Å²) in [6, 6.07) is 5.82. The highest BCUT2D eigenvalue weighted by atomic mass is 16.1. The third-order valence-electron chi connectivity index (χ3n) is 3.92.